The van der Waals surface area contributed by atoms with Crippen LogP contribution in [-0.2, 0) is 14.4 Å². The second-order valence-electron chi connectivity index (χ2n) is 5.15. The number of hydrogen-bond acceptors (Lipinski definition) is 4. The maximum absolute atomic E-state index is 11.9. The van der Waals surface area contributed by atoms with Gasteiger partial charge < -0.3 is 19.6 Å². The van der Waals surface area contributed by atoms with Crippen molar-refractivity contribution in [3.63, 3.8) is 0 Å². The summed E-state index contributed by atoms with van der Waals surface area (Å²) in [5.41, 5.74) is 0. The maximum atomic E-state index is 11.9. The third kappa shape index (κ3) is 6.51. The monoisotopic (exact) mass is 286 g/mol. The van der Waals surface area contributed by atoms with E-state index in [1.807, 2.05) is 6.92 Å². The normalized spacial score (nSPS) is 10.3. The fourth-order valence-electron chi connectivity index (χ4n) is 1.39. The maximum Gasteiger partial charge on any atom is 0.242 e. The Kier molecular flexibility index (Phi) is 7.83. The highest BCUT2D eigenvalue weighted by Gasteiger charge is 2.19. The van der Waals surface area contributed by atoms with Crippen LogP contribution in [-0.4, -0.2) is 98.7 Å². The van der Waals surface area contributed by atoms with E-state index >= 15 is 0 Å². The Balaban J connectivity index is 4.32. The first-order valence-corrected chi connectivity index (χ1v) is 6.55. The third-order valence-corrected chi connectivity index (χ3v) is 2.95. The van der Waals surface area contributed by atoms with E-state index in [0.717, 1.165) is 0 Å². The molecule has 0 atom stereocenters. The van der Waals surface area contributed by atoms with Gasteiger partial charge in [-0.05, 0) is 21.0 Å². The van der Waals surface area contributed by atoms with Gasteiger partial charge in [-0.2, -0.15) is 0 Å². The Bertz CT molecular complexity index is 358. The Morgan fingerprint density at radius 1 is 0.650 bits per heavy atom. The van der Waals surface area contributed by atoms with Crippen LogP contribution < -0.4 is 0 Å². The molecule has 0 aromatic rings. The summed E-state index contributed by atoms with van der Waals surface area (Å²) in [5.74, 6) is -0.503. The Hall–Kier alpha value is -1.63. The average molecular weight is 286 g/mol. The lowest BCUT2D eigenvalue weighted by Crippen LogP contribution is -2.45. The number of rotatable bonds is 7. The van der Waals surface area contributed by atoms with Crippen LogP contribution in [0, 0.1) is 0 Å². The summed E-state index contributed by atoms with van der Waals surface area (Å²) in [5, 5.41) is 0. The number of carbonyl (C=O) groups is 3. The molecule has 20 heavy (non-hydrogen) atoms. The van der Waals surface area contributed by atoms with Gasteiger partial charge in [-0.25, -0.2) is 0 Å². The van der Waals surface area contributed by atoms with Crippen LogP contribution >= 0.6 is 0 Å². The van der Waals surface area contributed by atoms with E-state index in [0.29, 0.717) is 6.54 Å². The molecule has 0 radical (unpaired) electrons. The standard InChI is InChI=1S/C13H26N4O3/c1-7-15(4)12(19)9-17(6)13(20)10-16(5)11(18)8-14(2)3/h7-10H2,1-6H3. The molecule has 0 aromatic heterocycles. The molecular weight excluding hydrogens is 260 g/mol. The first-order chi connectivity index (χ1) is 9.18. The number of likely N-dealkylation sites (N-methyl/N-ethyl adjacent to an activating group) is 4. The summed E-state index contributed by atoms with van der Waals surface area (Å²) in [6.45, 7) is 2.73. The van der Waals surface area contributed by atoms with Crippen molar-refractivity contribution >= 4 is 17.7 Å². The molecule has 0 fully saturated rings. The second kappa shape index (κ2) is 8.52. The van der Waals surface area contributed by atoms with E-state index in [1.165, 1.54) is 9.80 Å². The highest BCUT2D eigenvalue weighted by molar-refractivity contribution is 5.88. The topological polar surface area (TPSA) is 64.2 Å². The molecule has 0 unspecified atom stereocenters. The van der Waals surface area contributed by atoms with Gasteiger partial charge in [0, 0.05) is 27.7 Å². The van der Waals surface area contributed by atoms with Crippen molar-refractivity contribution in [2.45, 2.75) is 6.92 Å². The van der Waals surface area contributed by atoms with Gasteiger partial charge in [0.05, 0.1) is 19.6 Å². The minimum absolute atomic E-state index is 0.0215. The molecule has 0 aromatic carbocycles. The molecule has 0 saturated carbocycles. The van der Waals surface area contributed by atoms with Crippen LogP contribution in [0.5, 0.6) is 0 Å². The molecule has 0 rings (SSSR count). The molecule has 0 aliphatic rings. The predicted octanol–water partition coefficient (Wildman–Crippen LogP) is -1.06. The molecule has 3 amide bonds. The van der Waals surface area contributed by atoms with Crippen molar-refractivity contribution < 1.29 is 14.4 Å². The van der Waals surface area contributed by atoms with Crippen LogP contribution in [0.4, 0.5) is 0 Å². The SMILES string of the molecule is CCN(C)C(=O)CN(C)C(=O)CN(C)C(=O)CN(C)C. The molecule has 0 spiro atoms. The molecular formula is C13H26N4O3. The van der Waals surface area contributed by atoms with Gasteiger partial charge in [-0.15, -0.1) is 0 Å². The van der Waals surface area contributed by atoms with Crippen molar-refractivity contribution in [2.75, 3.05) is 61.4 Å². The van der Waals surface area contributed by atoms with Crippen molar-refractivity contribution in [1.82, 2.24) is 19.6 Å². The van der Waals surface area contributed by atoms with E-state index in [2.05, 4.69) is 0 Å². The lowest BCUT2D eigenvalue weighted by molar-refractivity contribution is -0.142. The molecule has 7 nitrogen and oxygen atoms in total. The predicted molar refractivity (Wildman–Crippen MR) is 77.1 cm³/mol. The Morgan fingerprint density at radius 2 is 1.00 bits per heavy atom. The zero-order valence-corrected chi connectivity index (χ0v) is 13.3. The Labute approximate surface area is 121 Å². The minimum atomic E-state index is -0.252. The van der Waals surface area contributed by atoms with Gasteiger partial charge in [0.1, 0.15) is 0 Å². The molecule has 0 bridgehead atoms. The fourth-order valence-corrected chi connectivity index (χ4v) is 1.39. The quantitative estimate of drug-likeness (QED) is 0.599. The van der Waals surface area contributed by atoms with E-state index in [-0.39, 0.29) is 37.4 Å². The van der Waals surface area contributed by atoms with Gasteiger partial charge in [-0.1, -0.05) is 0 Å². The van der Waals surface area contributed by atoms with Gasteiger partial charge in [0.25, 0.3) is 0 Å². The van der Waals surface area contributed by atoms with Gasteiger partial charge in [0.15, 0.2) is 0 Å². The van der Waals surface area contributed by atoms with Crippen molar-refractivity contribution in [3.8, 4) is 0 Å². The van der Waals surface area contributed by atoms with Crippen molar-refractivity contribution in [3.05, 3.63) is 0 Å². The summed E-state index contributed by atoms with van der Waals surface area (Å²) in [7, 11) is 8.41. The lowest BCUT2D eigenvalue weighted by Gasteiger charge is -2.24. The van der Waals surface area contributed by atoms with Gasteiger partial charge in [-0.3, -0.25) is 14.4 Å². The summed E-state index contributed by atoms with van der Waals surface area (Å²) in [6, 6.07) is 0. The third-order valence-electron chi connectivity index (χ3n) is 2.95. The molecule has 0 aliphatic heterocycles. The lowest BCUT2D eigenvalue weighted by atomic mass is 10.4. The summed E-state index contributed by atoms with van der Waals surface area (Å²) in [4.78, 5) is 41.4. The smallest absolute Gasteiger partial charge is 0.242 e. The number of amides is 3. The fraction of sp³-hybridized carbons (Fsp3) is 0.769. The van der Waals surface area contributed by atoms with E-state index < -0.39 is 0 Å². The average Bonchev–Trinajstić information content (AvgIpc) is 2.36. The first-order valence-electron chi connectivity index (χ1n) is 6.55. The van der Waals surface area contributed by atoms with Crippen LogP contribution in [0.2, 0.25) is 0 Å². The van der Waals surface area contributed by atoms with Gasteiger partial charge in [0.2, 0.25) is 17.7 Å². The van der Waals surface area contributed by atoms with Gasteiger partial charge >= 0.3 is 0 Å². The van der Waals surface area contributed by atoms with Crippen molar-refractivity contribution in [1.29, 1.82) is 0 Å². The minimum Gasteiger partial charge on any atom is -0.345 e. The summed E-state index contributed by atoms with van der Waals surface area (Å²) in [6.07, 6.45) is 0. The largest absolute Gasteiger partial charge is 0.345 e. The zero-order valence-electron chi connectivity index (χ0n) is 13.3. The number of carbonyl (C=O) groups excluding carboxylic acids is 3. The highest BCUT2D eigenvalue weighted by atomic mass is 16.2. The van der Waals surface area contributed by atoms with Crippen LogP contribution in [0.25, 0.3) is 0 Å². The molecule has 116 valence electrons. The molecule has 0 heterocycles. The van der Waals surface area contributed by atoms with Crippen LogP contribution in [0.15, 0.2) is 0 Å². The Morgan fingerprint density at radius 3 is 1.35 bits per heavy atom. The molecule has 0 N–H and O–H groups in total. The summed E-state index contributed by atoms with van der Waals surface area (Å²) >= 11 is 0. The van der Waals surface area contributed by atoms with E-state index in [4.69, 9.17) is 0 Å². The van der Waals surface area contributed by atoms with Crippen LogP contribution in [0.3, 0.4) is 0 Å². The van der Waals surface area contributed by atoms with E-state index in [9.17, 15) is 14.4 Å². The van der Waals surface area contributed by atoms with Crippen LogP contribution in [0.1, 0.15) is 6.92 Å². The zero-order chi connectivity index (χ0) is 15.9. The first kappa shape index (κ1) is 18.4. The number of nitrogens with zero attached hydrogens (tertiary/aromatic N) is 4. The molecule has 0 saturated heterocycles. The highest BCUT2D eigenvalue weighted by Crippen LogP contribution is 1.94. The van der Waals surface area contributed by atoms with Crippen molar-refractivity contribution in [2.24, 2.45) is 0 Å². The second-order valence-corrected chi connectivity index (χ2v) is 5.15. The molecule has 0 aliphatic carbocycles. The van der Waals surface area contributed by atoms with E-state index in [1.54, 1.807) is 45.0 Å². The number of hydrogen-bond donors (Lipinski definition) is 0. The summed E-state index contributed by atoms with van der Waals surface area (Å²) < 4.78 is 0. The molecule has 7 heteroatoms.